The first kappa shape index (κ1) is 18.2. The molecular formula is C18H20O5. The van der Waals surface area contributed by atoms with E-state index in [-0.39, 0.29) is 18.6 Å². The lowest BCUT2D eigenvalue weighted by Crippen LogP contribution is -1.96. The molecule has 3 N–H and O–H groups in total. The summed E-state index contributed by atoms with van der Waals surface area (Å²) in [7, 11) is 0. The van der Waals surface area contributed by atoms with Gasteiger partial charge in [-0.3, -0.25) is 9.59 Å². The third kappa shape index (κ3) is 8.93. The molecule has 0 heterocycles. The van der Waals surface area contributed by atoms with Crippen LogP contribution in [0.15, 0.2) is 54.6 Å². The van der Waals surface area contributed by atoms with Gasteiger partial charge in [0.1, 0.15) is 5.75 Å². The lowest BCUT2D eigenvalue weighted by Gasteiger charge is -1.98. The Morgan fingerprint density at radius 3 is 1.78 bits per heavy atom. The van der Waals surface area contributed by atoms with Crippen molar-refractivity contribution in [2.75, 3.05) is 0 Å². The number of carbonyl (C=O) groups is 2. The first-order chi connectivity index (χ1) is 11.0. The SMILES string of the molecule is O=C(O)CCc1cccc(O)c1.O=C(O)CCc1ccccc1. The number of hydrogen-bond acceptors (Lipinski definition) is 3. The van der Waals surface area contributed by atoms with E-state index >= 15 is 0 Å². The van der Waals surface area contributed by atoms with Gasteiger partial charge in [0.25, 0.3) is 0 Å². The molecule has 23 heavy (non-hydrogen) atoms. The highest BCUT2D eigenvalue weighted by Crippen LogP contribution is 2.12. The molecule has 0 aliphatic carbocycles. The minimum Gasteiger partial charge on any atom is -0.508 e. The summed E-state index contributed by atoms with van der Waals surface area (Å²) in [6.07, 6.45) is 1.40. The van der Waals surface area contributed by atoms with Crippen LogP contribution in [0, 0.1) is 0 Å². The van der Waals surface area contributed by atoms with E-state index in [1.54, 1.807) is 24.3 Å². The minimum atomic E-state index is -0.821. The largest absolute Gasteiger partial charge is 0.508 e. The fourth-order valence-electron chi connectivity index (χ4n) is 1.86. The van der Waals surface area contributed by atoms with Crippen molar-refractivity contribution in [1.82, 2.24) is 0 Å². The quantitative estimate of drug-likeness (QED) is 0.761. The van der Waals surface area contributed by atoms with E-state index in [2.05, 4.69) is 0 Å². The first-order valence-corrected chi connectivity index (χ1v) is 7.23. The van der Waals surface area contributed by atoms with Crippen molar-refractivity contribution in [3.63, 3.8) is 0 Å². The number of aromatic hydroxyl groups is 1. The van der Waals surface area contributed by atoms with Gasteiger partial charge in [-0.15, -0.1) is 0 Å². The molecule has 5 nitrogen and oxygen atoms in total. The van der Waals surface area contributed by atoms with Crippen molar-refractivity contribution in [1.29, 1.82) is 0 Å². The molecule has 0 saturated heterocycles. The van der Waals surface area contributed by atoms with E-state index in [0.717, 1.165) is 11.1 Å². The summed E-state index contributed by atoms with van der Waals surface area (Å²) in [6.45, 7) is 0. The lowest BCUT2D eigenvalue weighted by atomic mass is 10.1. The highest BCUT2D eigenvalue weighted by atomic mass is 16.4. The van der Waals surface area contributed by atoms with E-state index in [9.17, 15) is 9.59 Å². The van der Waals surface area contributed by atoms with Gasteiger partial charge >= 0.3 is 11.9 Å². The van der Waals surface area contributed by atoms with Crippen LogP contribution in [0.1, 0.15) is 24.0 Å². The zero-order valence-electron chi connectivity index (χ0n) is 12.7. The molecule has 0 amide bonds. The number of hydrogen-bond donors (Lipinski definition) is 3. The Bertz CT molecular complexity index is 622. The van der Waals surface area contributed by atoms with Gasteiger partial charge in [0, 0.05) is 12.8 Å². The standard InChI is InChI=1S/C9H10O3.C9H10O2/c10-8-3-1-2-7(6-8)4-5-9(11)12;10-9(11)7-6-8-4-2-1-3-5-8/h1-3,6,10H,4-5H2,(H,11,12);1-5H,6-7H2,(H,10,11). The van der Waals surface area contributed by atoms with Gasteiger partial charge in [-0.05, 0) is 36.1 Å². The third-order valence-corrected chi connectivity index (χ3v) is 3.01. The molecule has 0 radical (unpaired) electrons. The summed E-state index contributed by atoms with van der Waals surface area (Å²) in [5.74, 6) is -1.38. The molecular weight excluding hydrogens is 296 g/mol. The number of aliphatic carboxylic acids is 2. The Kier molecular flexibility index (Phi) is 7.92. The van der Waals surface area contributed by atoms with Crippen LogP contribution in [0.5, 0.6) is 5.75 Å². The van der Waals surface area contributed by atoms with Crippen LogP contribution in [-0.4, -0.2) is 27.3 Å². The van der Waals surface area contributed by atoms with Crippen LogP contribution in [0.25, 0.3) is 0 Å². The van der Waals surface area contributed by atoms with Gasteiger partial charge in [0.2, 0.25) is 0 Å². The average molecular weight is 316 g/mol. The molecule has 5 heteroatoms. The van der Waals surface area contributed by atoms with Crippen LogP contribution in [0.3, 0.4) is 0 Å². The van der Waals surface area contributed by atoms with Crippen LogP contribution in [0.2, 0.25) is 0 Å². The zero-order valence-corrected chi connectivity index (χ0v) is 12.7. The predicted molar refractivity (Wildman–Crippen MR) is 86.5 cm³/mol. The second kappa shape index (κ2) is 10.00. The molecule has 0 unspecified atom stereocenters. The summed E-state index contributed by atoms with van der Waals surface area (Å²) in [5, 5.41) is 25.8. The Morgan fingerprint density at radius 2 is 1.26 bits per heavy atom. The molecule has 0 bridgehead atoms. The van der Waals surface area contributed by atoms with E-state index in [4.69, 9.17) is 15.3 Å². The third-order valence-electron chi connectivity index (χ3n) is 3.01. The fraction of sp³-hybridized carbons (Fsp3) is 0.222. The second-order valence-corrected chi connectivity index (χ2v) is 4.94. The number of aryl methyl sites for hydroxylation is 2. The molecule has 0 saturated carbocycles. The maximum absolute atomic E-state index is 10.2. The number of carboxylic acid groups (broad SMARTS) is 2. The normalized spacial score (nSPS) is 9.57. The molecule has 122 valence electrons. The number of benzene rings is 2. The number of phenolic OH excluding ortho intramolecular Hbond substituents is 1. The van der Waals surface area contributed by atoms with Crippen molar-refractivity contribution < 1.29 is 24.9 Å². The van der Waals surface area contributed by atoms with Crippen LogP contribution in [0.4, 0.5) is 0 Å². The van der Waals surface area contributed by atoms with Crippen molar-refractivity contribution >= 4 is 11.9 Å². The minimum absolute atomic E-state index is 0.101. The molecule has 0 aliphatic rings. The van der Waals surface area contributed by atoms with Crippen molar-refractivity contribution in [3.8, 4) is 5.75 Å². The molecule has 0 aliphatic heterocycles. The van der Waals surface area contributed by atoms with Gasteiger partial charge < -0.3 is 15.3 Å². The first-order valence-electron chi connectivity index (χ1n) is 7.23. The summed E-state index contributed by atoms with van der Waals surface area (Å²) in [4.78, 5) is 20.4. The Balaban J connectivity index is 0.000000231. The fourth-order valence-corrected chi connectivity index (χ4v) is 1.86. The van der Waals surface area contributed by atoms with Gasteiger partial charge in [-0.1, -0.05) is 42.5 Å². The topological polar surface area (TPSA) is 94.8 Å². The molecule has 0 fully saturated rings. The van der Waals surface area contributed by atoms with E-state index in [1.807, 2.05) is 30.3 Å². The van der Waals surface area contributed by atoms with E-state index < -0.39 is 11.9 Å². The Hall–Kier alpha value is -2.82. The van der Waals surface area contributed by atoms with E-state index in [1.165, 1.54) is 0 Å². The molecule has 2 rings (SSSR count). The molecule has 0 spiro atoms. The maximum atomic E-state index is 10.2. The van der Waals surface area contributed by atoms with E-state index in [0.29, 0.717) is 12.8 Å². The molecule has 2 aromatic carbocycles. The number of phenols is 1. The number of carboxylic acids is 2. The van der Waals surface area contributed by atoms with Crippen molar-refractivity contribution in [2.45, 2.75) is 25.7 Å². The van der Waals surface area contributed by atoms with Crippen molar-refractivity contribution in [2.24, 2.45) is 0 Å². The number of rotatable bonds is 6. The Morgan fingerprint density at radius 1 is 0.739 bits per heavy atom. The van der Waals surface area contributed by atoms with Crippen LogP contribution < -0.4 is 0 Å². The van der Waals surface area contributed by atoms with Crippen molar-refractivity contribution in [3.05, 3.63) is 65.7 Å². The van der Waals surface area contributed by atoms with Crippen LogP contribution >= 0.6 is 0 Å². The summed E-state index contributed by atoms with van der Waals surface area (Å²) < 4.78 is 0. The predicted octanol–water partition coefficient (Wildman–Crippen LogP) is 3.11. The van der Waals surface area contributed by atoms with Gasteiger partial charge in [-0.25, -0.2) is 0 Å². The van der Waals surface area contributed by atoms with Gasteiger partial charge in [-0.2, -0.15) is 0 Å². The Labute approximate surface area is 134 Å². The molecule has 0 atom stereocenters. The highest BCUT2D eigenvalue weighted by molar-refractivity contribution is 5.67. The van der Waals surface area contributed by atoms with Gasteiger partial charge in [0.15, 0.2) is 0 Å². The zero-order chi connectivity index (χ0) is 17.1. The summed E-state index contributed by atoms with van der Waals surface area (Å²) in [6, 6.07) is 16.2. The summed E-state index contributed by atoms with van der Waals surface area (Å²) in [5.41, 5.74) is 1.92. The molecule has 0 aromatic heterocycles. The molecule has 2 aromatic rings. The lowest BCUT2D eigenvalue weighted by molar-refractivity contribution is -0.138. The summed E-state index contributed by atoms with van der Waals surface area (Å²) >= 11 is 0. The maximum Gasteiger partial charge on any atom is 0.303 e. The van der Waals surface area contributed by atoms with Gasteiger partial charge in [0.05, 0.1) is 0 Å². The smallest absolute Gasteiger partial charge is 0.303 e. The monoisotopic (exact) mass is 316 g/mol. The average Bonchev–Trinajstić information content (AvgIpc) is 2.53. The van der Waals surface area contributed by atoms with Crippen LogP contribution in [-0.2, 0) is 22.4 Å². The highest BCUT2D eigenvalue weighted by Gasteiger charge is 1.99. The second-order valence-electron chi connectivity index (χ2n) is 4.94.